The number of nitrogens with zero attached hydrogens (tertiary/aromatic N) is 2. The Morgan fingerprint density at radius 1 is 0.889 bits per heavy atom. The number of amides is 2. The number of aromatic nitrogens is 1. The van der Waals surface area contributed by atoms with Crippen molar-refractivity contribution >= 4 is 11.8 Å². The maximum Gasteiger partial charge on any atom is 0.271 e. The van der Waals surface area contributed by atoms with Crippen LogP contribution in [0.1, 0.15) is 73.5 Å². The van der Waals surface area contributed by atoms with Gasteiger partial charge in [-0.15, -0.1) is 0 Å². The summed E-state index contributed by atoms with van der Waals surface area (Å²) < 4.78 is 2.04. The van der Waals surface area contributed by atoms with E-state index in [1.807, 2.05) is 41.8 Å². The lowest BCUT2D eigenvalue weighted by molar-refractivity contribution is -0.134. The molecule has 5 nitrogen and oxygen atoms in total. The number of fused-ring (bicyclic) bond motifs is 1. The van der Waals surface area contributed by atoms with Crippen molar-refractivity contribution in [1.29, 1.82) is 0 Å². The minimum atomic E-state index is -1.00. The van der Waals surface area contributed by atoms with Gasteiger partial charge in [-0.1, -0.05) is 92.3 Å². The normalized spacial score (nSPS) is 20.9. The molecule has 36 heavy (non-hydrogen) atoms. The maximum atomic E-state index is 14.0. The van der Waals surface area contributed by atoms with E-state index in [0.717, 1.165) is 42.5 Å². The smallest absolute Gasteiger partial charge is 0.271 e. The minimum absolute atomic E-state index is 0.0492. The minimum Gasteiger partial charge on any atom is -0.351 e. The van der Waals surface area contributed by atoms with Crippen molar-refractivity contribution in [3.63, 3.8) is 0 Å². The second-order valence-electron chi connectivity index (χ2n) is 10.7. The van der Waals surface area contributed by atoms with Gasteiger partial charge < -0.3 is 14.8 Å². The summed E-state index contributed by atoms with van der Waals surface area (Å²) in [5, 5.41) is 3.38. The molecule has 2 aliphatic rings. The summed E-state index contributed by atoms with van der Waals surface area (Å²) in [7, 11) is 0. The third-order valence-electron chi connectivity index (χ3n) is 7.97. The third kappa shape index (κ3) is 4.84. The van der Waals surface area contributed by atoms with E-state index in [1.54, 1.807) is 4.90 Å². The van der Waals surface area contributed by atoms with Crippen LogP contribution in [-0.2, 0) is 17.9 Å². The van der Waals surface area contributed by atoms with Crippen molar-refractivity contribution in [2.24, 2.45) is 0 Å². The molecule has 1 fully saturated rings. The van der Waals surface area contributed by atoms with Crippen LogP contribution in [0.3, 0.4) is 0 Å². The highest BCUT2D eigenvalue weighted by Crippen LogP contribution is 2.34. The lowest BCUT2D eigenvalue weighted by Crippen LogP contribution is -2.64. The molecule has 1 N–H and O–H groups in total. The summed E-state index contributed by atoms with van der Waals surface area (Å²) in [5.74, 6) is -0.147. The molecule has 2 amide bonds. The summed E-state index contributed by atoms with van der Waals surface area (Å²) in [6.45, 7) is 4.82. The molecule has 2 aromatic carbocycles. The van der Waals surface area contributed by atoms with Crippen LogP contribution in [0.15, 0.2) is 66.7 Å². The van der Waals surface area contributed by atoms with Crippen LogP contribution >= 0.6 is 0 Å². The van der Waals surface area contributed by atoms with Crippen LogP contribution in [0.25, 0.3) is 11.3 Å². The van der Waals surface area contributed by atoms with Crippen LogP contribution in [0.4, 0.5) is 0 Å². The van der Waals surface area contributed by atoms with Crippen LogP contribution in [0.2, 0.25) is 0 Å². The first-order valence-corrected chi connectivity index (χ1v) is 13.4. The number of hydrogen-bond donors (Lipinski definition) is 1. The lowest BCUT2D eigenvalue weighted by atomic mass is 9.91. The van der Waals surface area contributed by atoms with E-state index in [1.165, 1.54) is 24.8 Å². The predicted molar refractivity (Wildman–Crippen MR) is 144 cm³/mol. The van der Waals surface area contributed by atoms with Crippen molar-refractivity contribution in [3.8, 4) is 11.3 Å². The number of aryl methyl sites for hydroxylation is 1. The molecular weight excluding hydrogens is 446 g/mol. The fourth-order valence-corrected chi connectivity index (χ4v) is 5.70. The van der Waals surface area contributed by atoms with Crippen LogP contribution in [-0.4, -0.2) is 32.9 Å². The number of benzene rings is 2. The fourth-order valence-electron chi connectivity index (χ4n) is 5.70. The molecule has 188 valence electrons. The van der Waals surface area contributed by atoms with Gasteiger partial charge in [-0.3, -0.25) is 9.59 Å². The number of carbonyl (C=O) groups is 2. The molecule has 0 spiro atoms. The zero-order valence-corrected chi connectivity index (χ0v) is 21.5. The van der Waals surface area contributed by atoms with Crippen LogP contribution in [0, 0.1) is 6.92 Å². The SMILES string of the molecule is Cc1ccc(CN2C(=O)c3ccc(-c4ccccc4)n3C[C@@]2(C)C(=O)NC2CCCCCCC2)cc1. The number of rotatable bonds is 5. The highest BCUT2D eigenvalue weighted by Gasteiger charge is 2.48. The first-order chi connectivity index (χ1) is 17.5. The first kappa shape index (κ1) is 24.4. The fraction of sp³-hybridized carbons (Fsp3) is 0.419. The summed E-state index contributed by atoms with van der Waals surface area (Å²) in [4.78, 5) is 29.8. The van der Waals surface area contributed by atoms with Crippen molar-refractivity contribution in [3.05, 3.63) is 83.6 Å². The van der Waals surface area contributed by atoms with E-state index in [9.17, 15) is 9.59 Å². The number of carbonyl (C=O) groups excluding carboxylic acids is 2. The standard InChI is InChI=1S/C31H37N3O2/c1-23-15-17-24(18-16-23)21-34-29(35)28-20-19-27(25-11-7-6-8-12-25)33(28)22-31(34,2)30(36)32-26-13-9-4-3-5-10-14-26/h6-8,11-12,15-20,26H,3-5,9-10,13-14,21-22H2,1-2H3,(H,32,36)/t31-/m0/s1. The summed E-state index contributed by atoms with van der Waals surface area (Å²) >= 11 is 0. The molecule has 5 rings (SSSR count). The predicted octanol–water partition coefficient (Wildman–Crippen LogP) is 6.11. The molecular formula is C31H37N3O2. The maximum absolute atomic E-state index is 14.0. The zero-order chi connectivity index (χ0) is 25.1. The second-order valence-corrected chi connectivity index (χ2v) is 10.7. The van der Waals surface area contributed by atoms with Gasteiger partial charge in [-0.2, -0.15) is 0 Å². The van der Waals surface area contributed by atoms with Crippen LogP contribution in [0.5, 0.6) is 0 Å². The van der Waals surface area contributed by atoms with Crippen molar-refractivity contribution in [1.82, 2.24) is 14.8 Å². The summed E-state index contributed by atoms with van der Waals surface area (Å²) in [5.41, 5.74) is 3.86. The molecule has 0 unspecified atom stereocenters. The van der Waals surface area contributed by atoms with Crippen molar-refractivity contribution in [2.75, 3.05) is 0 Å². The van der Waals surface area contributed by atoms with Gasteiger partial charge in [-0.05, 0) is 49.9 Å². The summed E-state index contributed by atoms with van der Waals surface area (Å²) in [6.07, 6.45) is 8.07. The topological polar surface area (TPSA) is 54.3 Å². The number of hydrogen-bond acceptors (Lipinski definition) is 2. The van der Waals surface area contributed by atoms with Crippen LogP contribution < -0.4 is 5.32 Å². The second kappa shape index (κ2) is 10.3. The van der Waals surface area contributed by atoms with E-state index < -0.39 is 5.54 Å². The molecule has 5 heteroatoms. The molecule has 0 bridgehead atoms. The van der Waals surface area contributed by atoms with Crippen molar-refractivity contribution < 1.29 is 9.59 Å². The van der Waals surface area contributed by atoms with Gasteiger partial charge in [0.2, 0.25) is 5.91 Å². The van der Waals surface area contributed by atoms with Gasteiger partial charge in [0.15, 0.2) is 0 Å². The Balaban J connectivity index is 1.50. The summed E-state index contributed by atoms with van der Waals surface area (Å²) in [6, 6.07) is 22.4. The van der Waals surface area contributed by atoms with E-state index in [-0.39, 0.29) is 17.9 Å². The Labute approximate surface area is 214 Å². The van der Waals surface area contributed by atoms with Gasteiger partial charge in [-0.25, -0.2) is 0 Å². The van der Waals surface area contributed by atoms with E-state index >= 15 is 0 Å². The molecule has 1 aliphatic heterocycles. The quantitative estimate of drug-likeness (QED) is 0.476. The third-order valence-corrected chi connectivity index (χ3v) is 7.97. The Morgan fingerprint density at radius 3 is 2.22 bits per heavy atom. The van der Waals surface area contributed by atoms with E-state index in [2.05, 4.69) is 48.6 Å². The Kier molecular flexibility index (Phi) is 6.99. The van der Waals surface area contributed by atoms with E-state index in [4.69, 9.17) is 0 Å². The molecule has 0 saturated heterocycles. The Hall–Kier alpha value is -3.34. The molecule has 0 radical (unpaired) electrons. The molecule has 1 atom stereocenters. The molecule has 1 saturated carbocycles. The Bertz CT molecular complexity index is 1210. The molecule has 2 heterocycles. The molecule has 3 aromatic rings. The average Bonchev–Trinajstić information content (AvgIpc) is 3.28. The first-order valence-electron chi connectivity index (χ1n) is 13.4. The van der Waals surface area contributed by atoms with Gasteiger partial charge in [0, 0.05) is 18.3 Å². The molecule has 1 aliphatic carbocycles. The highest BCUT2D eigenvalue weighted by molar-refractivity contribution is 6.00. The number of nitrogens with one attached hydrogen (secondary N) is 1. The monoisotopic (exact) mass is 483 g/mol. The van der Waals surface area contributed by atoms with Gasteiger partial charge in [0.25, 0.3) is 5.91 Å². The van der Waals surface area contributed by atoms with Gasteiger partial charge in [0.1, 0.15) is 11.2 Å². The van der Waals surface area contributed by atoms with Crippen molar-refractivity contribution in [2.45, 2.75) is 83.5 Å². The largest absolute Gasteiger partial charge is 0.351 e. The lowest BCUT2D eigenvalue weighted by Gasteiger charge is -2.45. The highest BCUT2D eigenvalue weighted by atomic mass is 16.2. The van der Waals surface area contributed by atoms with Gasteiger partial charge in [0.05, 0.1) is 6.54 Å². The van der Waals surface area contributed by atoms with E-state index in [0.29, 0.717) is 18.8 Å². The van der Waals surface area contributed by atoms with Gasteiger partial charge >= 0.3 is 0 Å². The average molecular weight is 484 g/mol. The molecule has 1 aromatic heterocycles. The zero-order valence-electron chi connectivity index (χ0n) is 21.5. The Morgan fingerprint density at radius 2 is 1.53 bits per heavy atom.